The first kappa shape index (κ1) is 7.35. The van der Waals surface area contributed by atoms with Crippen molar-refractivity contribution in [3.05, 3.63) is 22.2 Å². The number of rotatable bonds is 1. The van der Waals surface area contributed by atoms with Gasteiger partial charge in [-0.15, -0.1) is 0 Å². The first-order valence-corrected chi connectivity index (χ1v) is 2.63. The third kappa shape index (κ3) is 6.35. The molecule has 0 aromatic rings. The summed E-state index contributed by atoms with van der Waals surface area (Å²) in [6, 6.07) is 0. The molecule has 0 aliphatic rings. The molecule has 0 aromatic carbocycles. The van der Waals surface area contributed by atoms with Crippen molar-refractivity contribution in [3.63, 3.8) is 0 Å². The van der Waals surface area contributed by atoms with Crippen LogP contribution in [-0.4, -0.2) is 0 Å². The van der Waals surface area contributed by atoms with Crippen LogP contribution in [0.25, 0.3) is 0 Å². The fourth-order valence-electron chi connectivity index (χ4n) is 0.118. The molecule has 0 aliphatic heterocycles. The van der Waals surface area contributed by atoms with Gasteiger partial charge in [-0.3, -0.25) is 0 Å². The predicted molar refractivity (Wildman–Crippen MR) is 34.8 cm³/mol. The Labute approximate surface area is 57.4 Å². The molecule has 3 heteroatoms. The van der Waals surface area contributed by atoms with Crippen molar-refractivity contribution in [2.24, 2.45) is 0 Å². The lowest BCUT2D eigenvalue weighted by Crippen LogP contribution is -1.53. The van der Waals surface area contributed by atoms with E-state index in [1.165, 1.54) is 6.08 Å². The minimum absolute atomic E-state index is 0.125. The fourth-order valence-corrected chi connectivity index (χ4v) is 0.603. The molecule has 0 rings (SSSR count). The van der Waals surface area contributed by atoms with Gasteiger partial charge >= 0.3 is 0 Å². The summed E-state index contributed by atoms with van der Waals surface area (Å²) in [6.45, 7) is 3.32. The molecule has 0 nitrogen and oxygen atoms in total. The maximum atomic E-state index is 5.23. The number of halogens is 3. The summed E-state index contributed by atoms with van der Waals surface area (Å²) in [6.07, 6.45) is 1.35. The van der Waals surface area contributed by atoms with Crippen molar-refractivity contribution in [1.29, 1.82) is 0 Å². The summed E-state index contributed by atoms with van der Waals surface area (Å²) in [5.74, 6) is 0. The summed E-state index contributed by atoms with van der Waals surface area (Å²) in [5, 5.41) is 0.333. The normalized spacial score (nSPS) is 7.86. The van der Waals surface area contributed by atoms with Gasteiger partial charge in [-0.2, -0.15) is 0 Å². The van der Waals surface area contributed by atoms with Gasteiger partial charge in [0, 0.05) is 5.03 Å². The van der Waals surface area contributed by atoms with Crippen molar-refractivity contribution in [2.45, 2.75) is 0 Å². The first-order valence-electron chi connectivity index (χ1n) is 1.50. The van der Waals surface area contributed by atoms with E-state index in [2.05, 4.69) is 6.58 Å². The van der Waals surface area contributed by atoms with Gasteiger partial charge in [0.25, 0.3) is 0 Å². The van der Waals surface area contributed by atoms with Crippen LogP contribution in [0.5, 0.6) is 0 Å². The van der Waals surface area contributed by atoms with E-state index in [9.17, 15) is 0 Å². The second-order valence-electron chi connectivity index (χ2n) is 0.881. The second-order valence-corrected chi connectivity index (χ2v) is 2.37. The van der Waals surface area contributed by atoms with Crippen LogP contribution >= 0.6 is 34.8 Å². The summed E-state index contributed by atoms with van der Waals surface area (Å²) in [5.41, 5.74) is 0. The molecule has 0 amide bonds. The van der Waals surface area contributed by atoms with Crippen LogP contribution < -0.4 is 0 Å². The molecular weight excluding hydrogens is 154 g/mol. The lowest BCUT2D eigenvalue weighted by Gasteiger charge is -1.78. The zero-order valence-electron chi connectivity index (χ0n) is 3.42. The van der Waals surface area contributed by atoms with Gasteiger partial charge in [0.2, 0.25) is 0 Å². The third-order valence-corrected chi connectivity index (χ3v) is 0.593. The van der Waals surface area contributed by atoms with Crippen LogP contribution in [0.15, 0.2) is 22.2 Å². The molecule has 0 aromatic heterocycles. The molecule has 0 saturated heterocycles. The Hall–Kier alpha value is 0.350. The van der Waals surface area contributed by atoms with E-state index < -0.39 is 0 Å². The quantitative estimate of drug-likeness (QED) is 0.513. The third-order valence-electron chi connectivity index (χ3n) is 0.266. The number of allylic oxidation sites excluding steroid dienone is 2. The molecule has 0 radical (unpaired) electrons. The van der Waals surface area contributed by atoms with Crippen LogP contribution in [0.3, 0.4) is 0 Å². The molecule has 0 aliphatic carbocycles. The Morgan fingerprint density at radius 1 is 1.29 bits per heavy atom. The van der Waals surface area contributed by atoms with Gasteiger partial charge in [0.05, 0.1) is 0 Å². The zero-order chi connectivity index (χ0) is 5.86. The molecule has 0 saturated carbocycles. The van der Waals surface area contributed by atoms with Crippen molar-refractivity contribution >= 4 is 34.8 Å². The highest BCUT2D eigenvalue weighted by Gasteiger charge is 1.81. The smallest absolute Gasteiger partial charge is 0.0849 e. The van der Waals surface area contributed by atoms with Crippen LogP contribution in [0.1, 0.15) is 0 Å². The SMILES string of the molecule is C=C(Cl)C=C(Cl)Cl. The molecular formula is C4H3Cl3. The van der Waals surface area contributed by atoms with E-state index in [1.807, 2.05) is 0 Å². The number of hydrogen-bond acceptors (Lipinski definition) is 0. The summed E-state index contributed by atoms with van der Waals surface area (Å²) < 4.78 is 0.125. The van der Waals surface area contributed by atoms with Gasteiger partial charge in [0.15, 0.2) is 0 Å². The summed E-state index contributed by atoms with van der Waals surface area (Å²) in [7, 11) is 0. The largest absolute Gasteiger partial charge is 0.108 e. The van der Waals surface area contributed by atoms with E-state index >= 15 is 0 Å². The van der Waals surface area contributed by atoms with E-state index in [0.717, 1.165) is 0 Å². The summed E-state index contributed by atoms with van der Waals surface area (Å²) in [4.78, 5) is 0. The van der Waals surface area contributed by atoms with Gasteiger partial charge < -0.3 is 0 Å². The molecule has 7 heavy (non-hydrogen) atoms. The monoisotopic (exact) mass is 156 g/mol. The molecule has 0 atom stereocenters. The average molecular weight is 157 g/mol. The van der Waals surface area contributed by atoms with E-state index in [-0.39, 0.29) is 4.49 Å². The lowest BCUT2D eigenvalue weighted by atomic mass is 10.6. The van der Waals surface area contributed by atoms with Crippen LogP contribution in [-0.2, 0) is 0 Å². The van der Waals surface area contributed by atoms with Crippen LogP contribution in [0.2, 0.25) is 0 Å². The molecule has 0 N–H and O–H groups in total. The Balaban J connectivity index is 3.68. The van der Waals surface area contributed by atoms with E-state index in [0.29, 0.717) is 5.03 Å². The first-order chi connectivity index (χ1) is 3.13. The van der Waals surface area contributed by atoms with Crippen molar-refractivity contribution in [2.75, 3.05) is 0 Å². The minimum atomic E-state index is 0.125. The minimum Gasteiger partial charge on any atom is -0.0849 e. The Bertz CT molecular complexity index is 99.5. The highest BCUT2D eigenvalue weighted by molar-refractivity contribution is 6.56. The molecule has 0 unspecified atom stereocenters. The fraction of sp³-hybridized carbons (Fsp3) is 0. The molecule has 0 bridgehead atoms. The predicted octanol–water partition coefficient (Wildman–Crippen LogP) is 3.06. The van der Waals surface area contributed by atoms with Gasteiger partial charge in [-0.05, 0) is 6.08 Å². The lowest BCUT2D eigenvalue weighted by molar-refractivity contribution is 1.98. The second kappa shape index (κ2) is 3.36. The standard InChI is InChI=1S/C4H3Cl3/c1-3(5)2-4(6)7/h2H,1H2. The van der Waals surface area contributed by atoms with Crippen molar-refractivity contribution < 1.29 is 0 Å². The molecule has 0 spiro atoms. The van der Waals surface area contributed by atoms with E-state index in [1.54, 1.807) is 0 Å². The maximum absolute atomic E-state index is 5.23. The van der Waals surface area contributed by atoms with Crippen molar-refractivity contribution in [1.82, 2.24) is 0 Å². The molecule has 0 heterocycles. The van der Waals surface area contributed by atoms with Gasteiger partial charge in [0.1, 0.15) is 4.49 Å². The van der Waals surface area contributed by atoms with Gasteiger partial charge in [-0.25, -0.2) is 0 Å². The zero-order valence-corrected chi connectivity index (χ0v) is 5.69. The highest BCUT2D eigenvalue weighted by atomic mass is 35.5. The average Bonchev–Trinajstić information content (AvgIpc) is 1.27. The Morgan fingerprint density at radius 3 is 1.71 bits per heavy atom. The van der Waals surface area contributed by atoms with Crippen LogP contribution in [0.4, 0.5) is 0 Å². The topological polar surface area (TPSA) is 0 Å². The molecule has 40 valence electrons. The van der Waals surface area contributed by atoms with Crippen LogP contribution in [0, 0.1) is 0 Å². The Kier molecular flexibility index (Phi) is 3.53. The summed E-state index contributed by atoms with van der Waals surface area (Å²) >= 11 is 15.5. The number of hydrogen-bond donors (Lipinski definition) is 0. The van der Waals surface area contributed by atoms with E-state index in [4.69, 9.17) is 34.8 Å². The molecule has 0 fully saturated rings. The highest BCUT2D eigenvalue weighted by Crippen LogP contribution is 2.11. The van der Waals surface area contributed by atoms with Crippen molar-refractivity contribution in [3.8, 4) is 0 Å². The van der Waals surface area contributed by atoms with Gasteiger partial charge in [-0.1, -0.05) is 41.4 Å². The Morgan fingerprint density at radius 2 is 1.71 bits per heavy atom. The maximum Gasteiger partial charge on any atom is 0.108 e.